The van der Waals surface area contributed by atoms with Crippen molar-refractivity contribution in [3.63, 3.8) is 0 Å². The zero-order valence-corrected chi connectivity index (χ0v) is 13.0. The van der Waals surface area contributed by atoms with Gasteiger partial charge in [-0.1, -0.05) is 24.3 Å². The Labute approximate surface area is 129 Å². The van der Waals surface area contributed by atoms with E-state index in [2.05, 4.69) is 17.5 Å². The first-order chi connectivity index (χ1) is 10.5. The van der Waals surface area contributed by atoms with Gasteiger partial charge in [-0.25, -0.2) is 9.82 Å². The molecular weight excluding hydrogens is 279 g/mol. The van der Waals surface area contributed by atoms with Gasteiger partial charge < -0.3 is 0 Å². The summed E-state index contributed by atoms with van der Waals surface area (Å²) in [5, 5.41) is 4.12. The van der Waals surface area contributed by atoms with Crippen LogP contribution in [0.25, 0.3) is 0 Å². The molecule has 4 heteroatoms. The number of carbonyl (C=O) groups excluding carboxylic acids is 1. The average Bonchev–Trinajstić information content (AvgIpc) is 2.50. The zero-order valence-electron chi connectivity index (χ0n) is 13.0. The standard InChI is InChI=1S/C18H19FN2O/c1-12-4-7-16(10-13(12)2)14(3)20-21-18(22)11-15-5-8-17(19)9-6-15/h4-10H,11H2,1-3H3,(H,21,22)/b20-14+. The summed E-state index contributed by atoms with van der Waals surface area (Å²) in [7, 11) is 0. The van der Waals surface area contributed by atoms with E-state index in [1.165, 1.54) is 23.3 Å². The number of nitrogens with zero attached hydrogens (tertiary/aromatic N) is 1. The maximum Gasteiger partial charge on any atom is 0.244 e. The fourth-order valence-corrected chi connectivity index (χ4v) is 2.00. The third-order valence-corrected chi connectivity index (χ3v) is 3.55. The van der Waals surface area contributed by atoms with Gasteiger partial charge in [-0.3, -0.25) is 4.79 Å². The Balaban J connectivity index is 1.99. The van der Waals surface area contributed by atoms with Crippen molar-refractivity contribution >= 4 is 11.6 Å². The second-order valence-corrected chi connectivity index (χ2v) is 5.33. The minimum atomic E-state index is -0.312. The normalized spacial score (nSPS) is 11.4. The van der Waals surface area contributed by atoms with Gasteiger partial charge in [0.05, 0.1) is 12.1 Å². The molecule has 0 spiro atoms. The first-order valence-corrected chi connectivity index (χ1v) is 7.11. The number of rotatable bonds is 4. The Hall–Kier alpha value is -2.49. The number of benzene rings is 2. The summed E-state index contributed by atoms with van der Waals surface area (Å²) in [6, 6.07) is 11.9. The van der Waals surface area contributed by atoms with Crippen LogP contribution in [0.1, 0.15) is 29.2 Å². The highest BCUT2D eigenvalue weighted by molar-refractivity contribution is 5.99. The molecule has 3 nitrogen and oxygen atoms in total. The number of hydrazone groups is 1. The summed E-state index contributed by atoms with van der Waals surface area (Å²) in [4.78, 5) is 11.8. The Kier molecular flexibility index (Phi) is 5.04. The van der Waals surface area contributed by atoms with E-state index in [1.54, 1.807) is 12.1 Å². The minimum Gasteiger partial charge on any atom is -0.273 e. The van der Waals surface area contributed by atoms with Crippen molar-refractivity contribution in [3.8, 4) is 0 Å². The Morgan fingerprint density at radius 2 is 1.77 bits per heavy atom. The lowest BCUT2D eigenvalue weighted by atomic mass is 10.0. The van der Waals surface area contributed by atoms with Gasteiger partial charge >= 0.3 is 0 Å². The van der Waals surface area contributed by atoms with E-state index >= 15 is 0 Å². The molecule has 2 aromatic rings. The average molecular weight is 298 g/mol. The molecule has 0 radical (unpaired) electrons. The maximum atomic E-state index is 12.8. The van der Waals surface area contributed by atoms with Crippen molar-refractivity contribution in [1.82, 2.24) is 5.43 Å². The summed E-state index contributed by atoms with van der Waals surface area (Å²) >= 11 is 0. The summed E-state index contributed by atoms with van der Waals surface area (Å²) in [5.41, 5.74) is 7.41. The number of amides is 1. The summed E-state index contributed by atoms with van der Waals surface area (Å²) in [5.74, 6) is -0.539. The number of aryl methyl sites for hydroxylation is 2. The SMILES string of the molecule is C/C(=N\NC(=O)Cc1ccc(F)cc1)c1ccc(C)c(C)c1. The molecule has 0 heterocycles. The molecule has 0 aromatic heterocycles. The van der Waals surface area contributed by atoms with Crippen molar-refractivity contribution in [2.24, 2.45) is 5.10 Å². The van der Waals surface area contributed by atoms with Gasteiger partial charge in [0.2, 0.25) is 5.91 Å². The third-order valence-electron chi connectivity index (χ3n) is 3.55. The molecule has 0 bridgehead atoms. The van der Waals surface area contributed by atoms with Crippen LogP contribution in [0.5, 0.6) is 0 Å². The van der Waals surface area contributed by atoms with Crippen LogP contribution in [-0.2, 0) is 11.2 Å². The third kappa shape index (κ3) is 4.25. The van der Waals surface area contributed by atoms with Crippen LogP contribution in [0.15, 0.2) is 47.6 Å². The number of hydrogen-bond donors (Lipinski definition) is 1. The molecule has 0 fully saturated rings. The van der Waals surface area contributed by atoms with Gasteiger partial charge in [0, 0.05) is 0 Å². The molecule has 0 saturated heterocycles. The van der Waals surface area contributed by atoms with Gasteiger partial charge in [-0.05, 0) is 61.2 Å². The topological polar surface area (TPSA) is 41.5 Å². The lowest BCUT2D eigenvalue weighted by Crippen LogP contribution is -2.21. The van der Waals surface area contributed by atoms with Crippen molar-refractivity contribution in [2.75, 3.05) is 0 Å². The number of hydrogen-bond acceptors (Lipinski definition) is 2. The Morgan fingerprint density at radius 1 is 1.09 bits per heavy atom. The Morgan fingerprint density at radius 3 is 2.41 bits per heavy atom. The molecule has 0 atom stereocenters. The zero-order chi connectivity index (χ0) is 16.1. The molecular formula is C18H19FN2O. The first-order valence-electron chi connectivity index (χ1n) is 7.11. The monoisotopic (exact) mass is 298 g/mol. The van der Waals surface area contributed by atoms with Crippen molar-refractivity contribution in [1.29, 1.82) is 0 Å². The number of carbonyl (C=O) groups is 1. The fourth-order valence-electron chi connectivity index (χ4n) is 2.00. The van der Waals surface area contributed by atoms with E-state index in [1.807, 2.05) is 32.0 Å². The number of nitrogens with one attached hydrogen (secondary N) is 1. The van der Waals surface area contributed by atoms with Crippen LogP contribution in [-0.4, -0.2) is 11.6 Å². The predicted octanol–water partition coefficient (Wildman–Crippen LogP) is 3.53. The lowest BCUT2D eigenvalue weighted by Gasteiger charge is -2.06. The highest BCUT2D eigenvalue weighted by Gasteiger charge is 2.04. The van der Waals surface area contributed by atoms with Gasteiger partial charge in [0.25, 0.3) is 0 Å². The van der Waals surface area contributed by atoms with Crippen molar-refractivity contribution < 1.29 is 9.18 Å². The molecule has 1 N–H and O–H groups in total. The Bertz CT molecular complexity index is 706. The summed E-state index contributed by atoms with van der Waals surface area (Å²) < 4.78 is 12.8. The van der Waals surface area contributed by atoms with E-state index in [4.69, 9.17) is 0 Å². The second-order valence-electron chi connectivity index (χ2n) is 5.33. The lowest BCUT2D eigenvalue weighted by molar-refractivity contribution is -0.120. The molecule has 0 aliphatic heterocycles. The van der Waals surface area contributed by atoms with Crippen LogP contribution in [0.4, 0.5) is 4.39 Å². The van der Waals surface area contributed by atoms with Gasteiger partial charge in [0.1, 0.15) is 5.82 Å². The second kappa shape index (κ2) is 6.98. The smallest absolute Gasteiger partial charge is 0.244 e. The first kappa shape index (κ1) is 15.9. The van der Waals surface area contributed by atoms with Crippen LogP contribution >= 0.6 is 0 Å². The highest BCUT2D eigenvalue weighted by atomic mass is 19.1. The van der Waals surface area contributed by atoms with Crippen LogP contribution in [0.3, 0.4) is 0 Å². The largest absolute Gasteiger partial charge is 0.273 e. The molecule has 0 saturated carbocycles. The predicted molar refractivity (Wildman–Crippen MR) is 86.4 cm³/mol. The number of halogens is 1. The quantitative estimate of drug-likeness (QED) is 0.681. The van der Waals surface area contributed by atoms with E-state index < -0.39 is 0 Å². The fraction of sp³-hybridized carbons (Fsp3) is 0.222. The van der Waals surface area contributed by atoms with Crippen LogP contribution in [0.2, 0.25) is 0 Å². The molecule has 1 amide bonds. The molecule has 2 rings (SSSR count). The van der Waals surface area contributed by atoms with Gasteiger partial charge in [-0.2, -0.15) is 5.10 Å². The van der Waals surface area contributed by atoms with E-state index in [0.717, 1.165) is 16.8 Å². The molecule has 22 heavy (non-hydrogen) atoms. The van der Waals surface area contributed by atoms with Crippen LogP contribution < -0.4 is 5.43 Å². The minimum absolute atomic E-state index is 0.171. The van der Waals surface area contributed by atoms with E-state index in [0.29, 0.717) is 0 Å². The molecule has 0 unspecified atom stereocenters. The summed E-state index contributed by atoms with van der Waals surface area (Å²) in [6.07, 6.45) is 0.171. The summed E-state index contributed by atoms with van der Waals surface area (Å²) in [6.45, 7) is 5.94. The van der Waals surface area contributed by atoms with Gasteiger partial charge in [-0.15, -0.1) is 0 Å². The molecule has 0 aliphatic carbocycles. The van der Waals surface area contributed by atoms with E-state index in [9.17, 15) is 9.18 Å². The van der Waals surface area contributed by atoms with Crippen molar-refractivity contribution in [3.05, 3.63) is 70.5 Å². The van der Waals surface area contributed by atoms with E-state index in [-0.39, 0.29) is 18.1 Å². The van der Waals surface area contributed by atoms with Crippen LogP contribution in [0, 0.1) is 19.7 Å². The van der Waals surface area contributed by atoms with Crippen molar-refractivity contribution in [2.45, 2.75) is 27.2 Å². The molecule has 2 aromatic carbocycles. The van der Waals surface area contributed by atoms with Gasteiger partial charge in [0.15, 0.2) is 0 Å². The molecule has 0 aliphatic rings. The highest BCUT2D eigenvalue weighted by Crippen LogP contribution is 2.10. The maximum absolute atomic E-state index is 12.8. The molecule has 114 valence electrons.